The Bertz CT molecular complexity index is 155. The first kappa shape index (κ1) is 20.3. The number of hydrogen-bond acceptors (Lipinski definition) is 5. The Morgan fingerprint density at radius 3 is 1.27 bits per heavy atom. The SMILES string of the molecule is O=C(O)CCC(=O)O.OCC(O)CO.[Na]. The van der Waals surface area contributed by atoms with Crippen molar-refractivity contribution in [3.63, 3.8) is 0 Å². The van der Waals surface area contributed by atoms with Gasteiger partial charge < -0.3 is 25.5 Å². The van der Waals surface area contributed by atoms with Crippen molar-refractivity contribution in [3.05, 3.63) is 0 Å². The average molecular weight is 233 g/mol. The minimum Gasteiger partial charge on any atom is -0.481 e. The van der Waals surface area contributed by atoms with Crippen LogP contribution in [0.5, 0.6) is 0 Å². The van der Waals surface area contributed by atoms with Gasteiger partial charge in [0.15, 0.2) is 0 Å². The third-order valence-electron chi connectivity index (χ3n) is 0.974. The first-order valence-corrected chi connectivity index (χ1v) is 3.77. The fourth-order valence-corrected chi connectivity index (χ4v) is 0.272. The van der Waals surface area contributed by atoms with Gasteiger partial charge in [0.2, 0.25) is 0 Å². The molecule has 0 aliphatic carbocycles. The predicted octanol–water partition coefficient (Wildman–Crippen LogP) is -2.11. The zero-order valence-corrected chi connectivity index (χ0v) is 10.5. The summed E-state index contributed by atoms with van der Waals surface area (Å²) in [5.74, 6) is -2.15. The molecule has 0 rings (SSSR count). The fraction of sp³-hybridized carbons (Fsp3) is 0.714. The molecule has 0 aromatic heterocycles. The van der Waals surface area contributed by atoms with E-state index in [9.17, 15) is 9.59 Å². The molecule has 0 saturated carbocycles. The van der Waals surface area contributed by atoms with Crippen molar-refractivity contribution in [2.75, 3.05) is 13.2 Å². The summed E-state index contributed by atoms with van der Waals surface area (Å²) in [5.41, 5.74) is 0. The molecule has 1 radical (unpaired) electrons. The Morgan fingerprint density at radius 2 is 1.20 bits per heavy atom. The van der Waals surface area contributed by atoms with Crippen LogP contribution in [0.15, 0.2) is 0 Å². The molecule has 0 heterocycles. The van der Waals surface area contributed by atoms with Crippen molar-refractivity contribution in [1.29, 1.82) is 0 Å². The molecule has 0 spiro atoms. The molecule has 0 amide bonds. The van der Waals surface area contributed by atoms with Gasteiger partial charge in [0, 0.05) is 29.6 Å². The maximum Gasteiger partial charge on any atom is 0.303 e. The zero-order chi connectivity index (χ0) is 11.6. The molecule has 0 aliphatic rings. The van der Waals surface area contributed by atoms with Crippen LogP contribution in [0.1, 0.15) is 12.8 Å². The number of carboxylic acids is 2. The minimum atomic E-state index is -1.08. The number of carboxylic acid groups (broad SMARTS) is 2. The van der Waals surface area contributed by atoms with E-state index in [1.54, 1.807) is 0 Å². The van der Waals surface area contributed by atoms with Gasteiger partial charge in [-0.1, -0.05) is 0 Å². The Hall–Kier alpha value is -0.180. The molecular formula is C7H14NaO7. The second-order valence-electron chi connectivity index (χ2n) is 2.31. The molecule has 0 bridgehead atoms. The second-order valence-corrected chi connectivity index (χ2v) is 2.31. The van der Waals surface area contributed by atoms with E-state index in [0.29, 0.717) is 0 Å². The molecule has 0 unspecified atom stereocenters. The molecule has 15 heavy (non-hydrogen) atoms. The summed E-state index contributed by atoms with van der Waals surface area (Å²) in [5, 5.41) is 39.8. The summed E-state index contributed by atoms with van der Waals surface area (Å²) < 4.78 is 0. The van der Waals surface area contributed by atoms with Gasteiger partial charge in [-0.15, -0.1) is 0 Å². The van der Waals surface area contributed by atoms with E-state index in [2.05, 4.69) is 0 Å². The molecule has 0 atom stereocenters. The van der Waals surface area contributed by atoms with Crippen molar-refractivity contribution in [2.45, 2.75) is 18.9 Å². The summed E-state index contributed by atoms with van der Waals surface area (Å²) in [6.45, 7) is -0.729. The molecule has 0 saturated heterocycles. The zero-order valence-electron chi connectivity index (χ0n) is 8.46. The molecule has 7 nitrogen and oxygen atoms in total. The van der Waals surface area contributed by atoms with Crippen molar-refractivity contribution in [1.82, 2.24) is 0 Å². The Balaban J connectivity index is -0.000000187. The van der Waals surface area contributed by atoms with E-state index < -0.39 is 18.0 Å². The quantitative estimate of drug-likeness (QED) is 0.343. The van der Waals surface area contributed by atoms with Gasteiger partial charge in [0.05, 0.1) is 26.1 Å². The number of rotatable bonds is 5. The Labute approximate surface area is 109 Å². The minimum absolute atomic E-state index is 0. The van der Waals surface area contributed by atoms with E-state index in [1.807, 2.05) is 0 Å². The van der Waals surface area contributed by atoms with E-state index in [-0.39, 0.29) is 55.6 Å². The van der Waals surface area contributed by atoms with Crippen LogP contribution in [0, 0.1) is 0 Å². The maximum absolute atomic E-state index is 9.64. The van der Waals surface area contributed by atoms with Gasteiger partial charge in [-0.3, -0.25) is 9.59 Å². The topological polar surface area (TPSA) is 135 Å². The smallest absolute Gasteiger partial charge is 0.303 e. The first-order chi connectivity index (χ1) is 6.43. The van der Waals surface area contributed by atoms with Crippen molar-refractivity contribution >= 4 is 41.5 Å². The van der Waals surface area contributed by atoms with Crippen LogP contribution in [-0.2, 0) is 9.59 Å². The van der Waals surface area contributed by atoms with E-state index in [0.717, 1.165) is 0 Å². The number of aliphatic hydroxyl groups is 3. The van der Waals surface area contributed by atoms with Gasteiger partial charge in [0.25, 0.3) is 0 Å². The van der Waals surface area contributed by atoms with Gasteiger partial charge in [-0.05, 0) is 0 Å². The Kier molecular flexibility index (Phi) is 18.7. The van der Waals surface area contributed by atoms with Crippen LogP contribution in [0.2, 0.25) is 0 Å². The van der Waals surface area contributed by atoms with Crippen LogP contribution in [0.4, 0.5) is 0 Å². The average Bonchev–Trinajstić information content (AvgIpc) is 2.14. The predicted molar refractivity (Wildman–Crippen MR) is 50.4 cm³/mol. The van der Waals surface area contributed by atoms with Crippen molar-refractivity contribution in [3.8, 4) is 0 Å². The second kappa shape index (κ2) is 13.8. The summed E-state index contributed by atoms with van der Waals surface area (Å²) in [7, 11) is 0. The van der Waals surface area contributed by atoms with E-state index in [4.69, 9.17) is 25.5 Å². The molecule has 8 heteroatoms. The molecule has 5 N–H and O–H groups in total. The molecule has 0 aromatic carbocycles. The third kappa shape index (κ3) is 24.8. The van der Waals surface area contributed by atoms with Gasteiger partial charge >= 0.3 is 11.9 Å². The van der Waals surface area contributed by atoms with Crippen molar-refractivity contribution < 1.29 is 35.1 Å². The number of aliphatic carboxylic acids is 2. The normalized spacial score (nSPS) is 8.53. The van der Waals surface area contributed by atoms with E-state index >= 15 is 0 Å². The molecular weight excluding hydrogens is 219 g/mol. The summed E-state index contributed by atoms with van der Waals surface area (Å²) in [4.78, 5) is 19.3. The monoisotopic (exact) mass is 233 g/mol. The maximum atomic E-state index is 9.64. The van der Waals surface area contributed by atoms with Crippen LogP contribution in [0.3, 0.4) is 0 Å². The molecule has 0 fully saturated rings. The summed E-state index contributed by atoms with van der Waals surface area (Å²) in [6.07, 6.45) is -1.55. The van der Waals surface area contributed by atoms with Crippen LogP contribution >= 0.6 is 0 Å². The number of hydrogen-bond donors (Lipinski definition) is 5. The van der Waals surface area contributed by atoms with Crippen LogP contribution < -0.4 is 0 Å². The van der Waals surface area contributed by atoms with Crippen LogP contribution in [-0.4, -0.2) is 86.3 Å². The van der Waals surface area contributed by atoms with Gasteiger partial charge in [-0.2, -0.15) is 0 Å². The molecule has 0 aromatic rings. The largest absolute Gasteiger partial charge is 0.481 e. The fourth-order valence-electron chi connectivity index (χ4n) is 0.272. The number of aliphatic hydroxyl groups excluding tert-OH is 3. The number of carbonyl (C=O) groups is 2. The van der Waals surface area contributed by atoms with Gasteiger partial charge in [-0.25, -0.2) is 0 Å². The van der Waals surface area contributed by atoms with Gasteiger partial charge in [0.1, 0.15) is 6.10 Å². The molecule has 0 aliphatic heterocycles. The standard InChI is InChI=1S/C4H6O4.C3H8O3.Na/c5-3(6)1-2-4(7)8;4-1-3(6)2-5;/h1-2H2,(H,5,6)(H,7,8);3-6H,1-2H2;. The summed E-state index contributed by atoms with van der Waals surface area (Å²) in [6, 6.07) is 0. The Morgan fingerprint density at radius 1 is 0.933 bits per heavy atom. The third-order valence-corrected chi connectivity index (χ3v) is 0.974. The first-order valence-electron chi connectivity index (χ1n) is 3.77. The van der Waals surface area contributed by atoms with Crippen molar-refractivity contribution in [2.24, 2.45) is 0 Å². The van der Waals surface area contributed by atoms with E-state index in [1.165, 1.54) is 0 Å². The molecule has 85 valence electrons. The summed E-state index contributed by atoms with van der Waals surface area (Å²) >= 11 is 0. The van der Waals surface area contributed by atoms with Crippen LogP contribution in [0.25, 0.3) is 0 Å².